The van der Waals surface area contributed by atoms with Crippen LogP contribution >= 0.6 is 69.6 Å². The molecule has 2 aliphatic heterocycles. The van der Waals surface area contributed by atoms with Gasteiger partial charge in [-0.15, -0.1) is 0 Å². The van der Waals surface area contributed by atoms with Crippen molar-refractivity contribution in [1.29, 1.82) is 0 Å². The number of halogens is 18. The lowest BCUT2D eigenvalue weighted by atomic mass is 9.79. The predicted molar refractivity (Wildman–Crippen MR) is 226 cm³/mol. The summed E-state index contributed by atoms with van der Waals surface area (Å²) < 4.78 is 167. The van der Waals surface area contributed by atoms with Crippen LogP contribution in [0.3, 0.4) is 0 Å². The molecule has 2 aliphatic rings. The van der Waals surface area contributed by atoms with E-state index in [4.69, 9.17) is 75.3 Å². The van der Waals surface area contributed by atoms with Crippen molar-refractivity contribution in [2.75, 3.05) is 36.0 Å². The molecule has 0 bridgehead atoms. The van der Waals surface area contributed by atoms with Crippen molar-refractivity contribution in [3.63, 3.8) is 0 Å². The molecule has 6 rings (SSSR count). The van der Waals surface area contributed by atoms with E-state index in [1.165, 1.54) is 34.1 Å². The van der Waals surface area contributed by atoms with Gasteiger partial charge in [0.1, 0.15) is 16.6 Å². The molecule has 0 aromatic heterocycles. The van der Waals surface area contributed by atoms with Gasteiger partial charge in [0.05, 0.1) is 41.3 Å². The van der Waals surface area contributed by atoms with E-state index in [1.54, 1.807) is 6.92 Å². The number of Topliss-reactive ketones (excluding diaryl/α,β-unsaturated/α-hetero) is 1. The molecule has 2 saturated heterocycles. The Hall–Kier alpha value is -2.99. The first kappa shape index (κ1) is 52.0. The number of anilines is 2. The van der Waals surface area contributed by atoms with Crippen LogP contribution in [-0.2, 0) is 40.9 Å². The van der Waals surface area contributed by atoms with E-state index in [1.807, 2.05) is 0 Å². The molecule has 2 atom stereocenters. The minimum Gasteiger partial charge on any atom is -0.370 e. The van der Waals surface area contributed by atoms with Crippen molar-refractivity contribution in [2.45, 2.75) is 81.1 Å². The molecule has 0 amide bonds. The van der Waals surface area contributed by atoms with E-state index in [0.717, 1.165) is 36.4 Å². The van der Waals surface area contributed by atoms with Gasteiger partial charge < -0.3 is 15.5 Å². The normalized spacial score (nSPS) is 19.6. The maximum absolute atomic E-state index is 14.3. The molecule has 2 unspecified atom stereocenters. The highest BCUT2D eigenvalue weighted by Gasteiger charge is 2.60. The molecule has 0 aliphatic carbocycles. The van der Waals surface area contributed by atoms with Crippen LogP contribution in [0.5, 0.6) is 0 Å². The number of nitrogens with zero attached hydrogens (tertiary/aromatic N) is 2. The summed E-state index contributed by atoms with van der Waals surface area (Å²) in [4.78, 5) is 14.1. The maximum atomic E-state index is 14.3. The average Bonchev–Trinajstić information content (AvgIpc) is 3.88. The molecule has 2 fully saturated rings. The zero-order valence-corrected chi connectivity index (χ0v) is 37.6. The smallest absolute Gasteiger partial charge is 0.370 e. The maximum Gasteiger partial charge on any atom is 0.416 e. The Balaban J connectivity index is 0.000000243. The number of hydrogen-bond acceptors (Lipinski definition) is 4. The Labute approximate surface area is 389 Å². The number of nitrogens with two attached hydrogens (primary N) is 1. The first-order valence-electron chi connectivity index (χ1n) is 19.0. The highest BCUT2D eigenvalue weighted by Crippen LogP contribution is 2.53. The fraction of sp³-hybridized carbons (Fsp3) is 0.405. The lowest BCUT2D eigenvalue weighted by Gasteiger charge is -2.33. The zero-order valence-electron chi connectivity index (χ0n) is 33.0. The van der Waals surface area contributed by atoms with Crippen molar-refractivity contribution >= 4 is 86.8 Å². The Morgan fingerprint density at radius 3 is 1.28 bits per heavy atom. The first-order valence-corrected chi connectivity index (χ1v) is 21.3. The SMILES string of the molecule is CCC(=O)CCc1ccc(N2CCC(c3cc(Cl)c(Cl)c(Cl)c3)(C(F)(F)F)C2)cc1C(F)(F)F.NCc1ccc(N2CCC(c3cc(Cl)c(Cl)c(Cl)c3)(C(F)(F)F)C2)cc1C(F)(F)F. The highest BCUT2D eigenvalue weighted by atomic mass is 35.5. The van der Waals surface area contributed by atoms with E-state index in [0.29, 0.717) is 0 Å². The van der Waals surface area contributed by atoms with Crippen molar-refractivity contribution < 1.29 is 57.5 Å². The van der Waals surface area contributed by atoms with E-state index in [-0.39, 0.29) is 115 Å². The number of ketones is 1. The number of aryl methyl sites for hydroxylation is 1. The van der Waals surface area contributed by atoms with Crippen LogP contribution in [0.15, 0.2) is 60.7 Å². The summed E-state index contributed by atoms with van der Waals surface area (Å²) in [5.74, 6) is -0.174. The molecule has 350 valence electrons. The van der Waals surface area contributed by atoms with E-state index in [9.17, 15) is 57.5 Å². The summed E-state index contributed by atoms with van der Waals surface area (Å²) in [6.45, 7) is -0.181. The predicted octanol–water partition coefficient (Wildman–Crippen LogP) is 15.1. The topological polar surface area (TPSA) is 49.6 Å². The van der Waals surface area contributed by atoms with Gasteiger partial charge in [-0.1, -0.05) is 88.7 Å². The van der Waals surface area contributed by atoms with Crippen LogP contribution in [-0.4, -0.2) is 44.3 Å². The molecular formula is C42H35Cl6F12N3O. The number of carbonyl (C=O) groups excluding carboxylic acids is 1. The quantitative estimate of drug-likeness (QED) is 0.134. The summed E-state index contributed by atoms with van der Waals surface area (Å²) in [6.07, 6.45) is -19.5. The van der Waals surface area contributed by atoms with Crippen LogP contribution < -0.4 is 15.5 Å². The van der Waals surface area contributed by atoms with Gasteiger partial charge in [-0.3, -0.25) is 4.79 Å². The number of carbonyl (C=O) groups is 1. The van der Waals surface area contributed by atoms with Crippen LogP contribution in [0.1, 0.15) is 66.0 Å². The number of rotatable bonds is 9. The molecule has 22 heteroatoms. The van der Waals surface area contributed by atoms with Gasteiger partial charge in [0, 0.05) is 56.9 Å². The fourth-order valence-corrected chi connectivity index (χ4v) is 9.07. The number of benzene rings is 4. The lowest BCUT2D eigenvalue weighted by molar-refractivity contribution is -0.185. The third-order valence-electron chi connectivity index (χ3n) is 11.5. The Kier molecular flexibility index (Phi) is 15.7. The second kappa shape index (κ2) is 19.3. The van der Waals surface area contributed by atoms with Crippen LogP contribution in [0.25, 0.3) is 0 Å². The van der Waals surface area contributed by atoms with Crippen molar-refractivity contribution in [1.82, 2.24) is 0 Å². The first-order chi connectivity index (χ1) is 29.5. The molecule has 0 saturated carbocycles. The third kappa shape index (κ3) is 10.7. The number of hydrogen-bond donors (Lipinski definition) is 1. The molecule has 2 N–H and O–H groups in total. The van der Waals surface area contributed by atoms with E-state index in [2.05, 4.69) is 0 Å². The molecule has 4 aromatic rings. The zero-order chi connectivity index (χ0) is 48.0. The molecule has 0 spiro atoms. The summed E-state index contributed by atoms with van der Waals surface area (Å²) in [7, 11) is 0. The summed E-state index contributed by atoms with van der Waals surface area (Å²) >= 11 is 35.5. The van der Waals surface area contributed by atoms with Crippen LogP contribution in [0.2, 0.25) is 30.1 Å². The molecule has 2 heterocycles. The second-order valence-electron chi connectivity index (χ2n) is 15.3. The van der Waals surface area contributed by atoms with E-state index >= 15 is 0 Å². The molecular weight excluding hydrogens is 1000 g/mol. The van der Waals surface area contributed by atoms with E-state index < -0.39 is 66.2 Å². The Morgan fingerprint density at radius 2 is 0.953 bits per heavy atom. The monoisotopic (exact) mass is 1040 g/mol. The standard InChI is InChI=1S/C23H20Cl3F6NO.C19H15Cl3F6N2/c1-2-16(34)6-4-13-3-5-15(11-17(13)22(27,28)29)33-8-7-21(12-33,23(30,31)32)14-9-18(24)20(26)19(25)10-14;20-14-5-11(6-15(21)16(14)22)17(19(26,27)28)3-4-30(9-17)12-2-1-10(8-29)13(7-12)18(23,24)25/h3,5,9-11H,2,4,6-8,12H2,1H3;1-2,5-7H,3-4,8-9,29H2. The Morgan fingerprint density at radius 1 is 0.594 bits per heavy atom. The van der Waals surface area contributed by atoms with Crippen LogP contribution in [0, 0.1) is 0 Å². The van der Waals surface area contributed by atoms with Gasteiger partial charge in [0.25, 0.3) is 0 Å². The number of alkyl halides is 12. The summed E-state index contributed by atoms with van der Waals surface area (Å²) in [5.41, 5.74) is -1.88. The summed E-state index contributed by atoms with van der Waals surface area (Å²) in [6, 6.07) is 11.2. The third-order valence-corrected chi connectivity index (χ3v) is 13.9. The van der Waals surface area contributed by atoms with Gasteiger partial charge >= 0.3 is 24.7 Å². The van der Waals surface area contributed by atoms with Crippen molar-refractivity contribution in [3.05, 3.63) is 124 Å². The lowest BCUT2D eigenvalue weighted by Crippen LogP contribution is -2.45. The Bertz CT molecular complexity index is 2330. The molecule has 0 radical (unpaired) electrons. The van der Waals surface area contributed by atoms with Gasteiger partial charge in [-0.25, -0.2) is 0 Å². The van der Waals surface area contributed by atoms with Crippen molar-refractivity contribution in [2.24, 2.45) is 5.73 Å². The van der Waals surface area contributed by atoms with Crippen LogP contribution in [0.4, 0.5) is 64.1 Å². The minimum atomic E-state index is -4.73. The van der Waals surface area contributed by atoms with Crippen molar-refractivity contribution in [3.8, 4) is 0 Å². The fourth-order valence-electron chi connectivity index (χ4n) is 7.88. The largest absolute Gasteiger partial charge is 0.416 e. The summed E-state index contributed by atoms with van der Waals surface area (Å²) in [5, 5.41) is -0.693. The minimum absolute atomic E-state index is 0.00942. The van der Waals surface area contributed by atoms with Gasteiger partial charge in [-0.2, -0.15) is 52.7 Å². The molecule has 64 heavy (non-hydrogen) atoms. The van der Waals surface area contributed by atoms with Gasteiger partial charge in [0.15, 0.2) is 0 Å². The highest BCUT2D eigenvalue weighted by molar-refractivity contribution is 6.48. The average molecular weight is 1040 g/mol. The van der Waals surface area contributed by atoms with Gasteiger partial charge in [0.2, 0.25) is 0 Å². The molecule has 4 aromatic carbocycles. The second-order valence-corrected chi connectivity index (χ2v) is 17.7. The van der Waals surface area contributed by atoms with Gasteiger partial charge in [-0.05, 0) is 90.0 Å². The molecule has 4 nitrogen and oxygen atoms in total.